The van der Waals surface area contributed by atoms with Crippen LogP contribution in [0.2, 0.25) is 0 Å². The lowest BCUT2D eigenvalue weighted by molar-refractivity contribution is -0.137. The third-order valence-electron chi connectivity index (χ3n) is 5.97. The number of para-hydroxylation sites is 1. The molecule has 0 fully saturated rings. The van der Waals surface area contributed by atoms with Crippen molar-refractivity contribution in [1.82, 2.24) is 4.57 Å². The van der Waals surface area contributed by atoms with Gasteiger partial charge in [-0.25, -0.2) is 13.6 Å². The lowest BCUT2D eigenvalue weighted by Crippen LogP contribution is -2.05. The van der Waals surface area contributed by atoms with Crippen LogP contribution in [-0.2, 0) is 6.18 Å². The Balaban J connectivity index is 1.63. The molecule has 1 aromatic heterocycles. The molecule has 13 heteroatoms. The number of hydrogen-bond acceptors (Lipinski definition) is 6. The van der Waals surface area contributed by atoms with E-state index in [-0.39, 0.29) is 39.3 Å². The normalized spacial score (nSPS) is 11.8. The van der Waals surface area contributed by atoms with Crippen LogP contribution in [0.15, 0.2) is 89.1 Å². The SMILES string of the molecule is O=C(O)Oc1cccc(-c2cccc(N=Nc3c(O)n(-c4cc(F)cc(F)c4)c4cc(C(F)(F)F)ccc34)c2O)c1. The first-order chi connectivity index (χ1) is 19.4. The predicted octanol–water partition coefficient (Wildman–Crippen LogP) is 8.48. The molecule has 5 aromatic rings. The second-order valence-corrected chi connectivity index (χ2v) is 8.63. The zero-order valence-electron chi connectivity index (χ0n) is 20.4. The summed E-state index contributed by atoms with van der Waals surface area (Å²) in [7, 11) is 0. The van der Waals surface area contributed by atoms with Gasteiger partial charge < -0.3 is 20.1 Å². The van der Waals surface area contributed by atoms with Crippen LogP contribution in [0.4, 0.5) is 38.1 Å². The third kappa shape index (κ3) is 5.37. The number of azo groups is 1. The van der Waals surface area contributed by atoms with Gasteiger partial charge in [0.15, 0.2) is 11.4 Å². The maximum absolute atomic E-state index is 14.0. The highest BCUT2D eigenvalue weighted by atomic mass is 19.4. The van der Waals surface area contributed by atoms with Crippen molar-refractivity contribution in [1.29, 1.82) is 0 Å². The number of alkyl halides is 3. The molecule has 0 aliphatic heterocycles. The summed E-state index contributed by atoms with van der Waals surface area (Å²) < 4.78 is 73.8. The van der Waals surface area contributed by atoms with Crippen LogP contribution < -0.4 is 4.74 Å². The highest BCUT2D eigenvalue weighted by molar-refractivity contribution is 5.97. The number of phenolic OH excluding ortho intramolecular Hbond substituents is 1. The highest BCUT2D eigenvalue weighted by Crippen LogP contribution is 2.45. The smallest absolute Gasteiger partial charge is 0.505 e. The van der Waals surface area contributed by atoms with Crippen LogP contribution in [-0.4, -0.2) is 26.0 Å². The van der Waals surface area contributed by atoms with Gasteiger partial charge in [-0.15, -0.1) is 10.2 Å². The zero-order valence-corrected chi connectivity index (χ0v) is 20.4. The van der Waals surface area contributed by atoms with E-state index in [4.69, 9.17) is 5.11 Å². The molecule has 4 aromatic carbocycles. The van der Waals surface area contributed by atoms with E-state index in [1.807, 2.05) is 0 Å². The van der Waals surface area contributed by atoms with E-state index in [9.17, 15) is 37.0 Å². The van der Waals surface area contributed by atoms with Crippen molar-refractivity contribution in [2.75, 3.05) is 0 Å². The highest BCUT2D eigenvalue weighted by Gasteiger charge is 2.32. The second kappa shape index (κ2) is 10.3. The number of phenols is 1. The minimum Gasteiger partial charge on any atom is -0.505 e. The molecule has 41 heavy (non-hydrogen) atoms. The van der Waals surface area contributed by atoms with E-state index < -0.39 is 41.2 Å². The quantitative estimate of drug-likeness (QED) is 0.0850. The molecule has 8 nitrogen and oxygen atoms in total. The Morgan fingerprint density at radius 2 is 1.56 bits per heavy atom. The van der Waals surface area contributed by atoms with Crippen molar-refractivity contribution in [3.8, 4) is 34.2 Å². The first kappa shape index (κ1) is 27.1. The fourth-order valence-corrected chi connectivity index (χ4v) is 4.24. The monoisotopic (exact) mass is 569 g/mol. The number of ether oxygens (including phenoxy) is 1. The van der Waals surface area contributed by atoms with Crippen LogP contribution in [0.25, 0.3) is 27.7 Å². The van der Waals surface area contributed by atoms with Gasteiger partial charge in [-0.05, 0) is 54.1 Å². The maximum atomic E-state index is 14.0. The molecular weight excluding hydrogens is 553 g/mol. The number of rotatable bonds is 5. The number of aromatic hydroxyl groups is 2. The topological polar surface area (TPSA) is 117 Å². The predicted molar refractivity (Wildman–Crippen MR) is 136 cm³/mol. The minimum absolute atomic E-state index is 0.00817. The average Bonchev–Trinajstić information content (AvgIpc) is 3.17. The number of aromatic nitrogens is 1. The lowest BCUT2D eigenvalue weighted by atomic mass is 10.0. The minimum atomic E-state index is -4.76. The van der Waals surface area contributed by atoms with E-state index in [1.165, 1.54) is 36.4 Å². The van der Waals surface area contributed by atoms with Gasteiger partial charge in [-0.1, -0.05) is 24.3 Å². The molecule has 0 saturated heterocycles. The van der Waals surface area contributed by atoms with Crippen LogP contribution in [0.5, 0.6) is 17.4 Å². The standard InChI is InChI=1S/C28H16F5N3O5/c29-16-11-17(30)13-18(12-16)36-23-10-15(28(31,32)33)7-8-21(23)24(26(36)38)35-34-22-6-2-5-20(25(22)37)14-3-1-4-19(9-14)41-27(39)40/h1-13,37-38H,(H,39,40). The molecule has 1 heterocycles. The molecule has 0 saturated carbocycles. The van der Waals surface area contributed by atoms with Crippen molar-refractivity contribution in [3.05, 3.63) is 96.1 Å². The number of benzene rings is 4. The van der Waals surface area contributed by atoms with Crippen molar-refractivity contribution in [2.45, 2.75) is 6.18 Å². The Morgan fingerprint density at radius 1 is 0.854 bits per heavy atom. The molecule has 208 valence electrons. The number of nitrogens with zero attached hydrogens (tertiary/aromatic N) is 3. The number of halogens is 5. The first-order valence-corrected chi connectivity index (χ1v) is 11.6. The van der Waals surface area contributed by atoms with Crippen molar-refractivity contribution in [2.24, 2.45) is 10.2 Å². The summed E-state index contributed by atoms with van der Waals surface area (Å²) in [4.78, 5) is 10.9. The Kier molecular flexibility index (Phi) is 6.79. The Morgan fingerprint density at radius 3 is 2.24 bits per heavy atom. The van der Waals surface area contributed by atoms with Gasteiger partial charge in [-0.2, -0.15) is 13.2 Å². The van der Waals surface area contributed by atoms with E-state index in [2.05, 4.69) is 15.0 Å². The zero-order chi connectivity index (χ0) is 29.5. The van der Waals surface area contributed by atoms with Gasteiger partial charge in [0.25, 0.3) is 0 Å². The molecule has 0 bridgehead atoms. The van der Waals surface area contributed by atoms with Crippen LogP contribution in [0.1, 0.15) is 5.56 Å². The van der Waals surface area contributed by atoms with Gasteiger partial charge in [0.05, 0.1) is 16.8 Å². The van der Waals surface area contributed by atoms with E-state index in [1.54, 1.807) is 6.07 Å². The van der Waals surface area contributed by atoms with Gasteiger partial charge >= 0.3 is 12.3 Å². The van der Waals surface area contributed by atoms with Gasteiger partial charge in [0.1, 0.15) is 23.1 Å². The lowest BCUT2D eigenvalue weighted by Gasteiger charge is -2.10. The molecule has 0 aliphatic carbocycles. The summed E-state index contributed by atoms with van der Waals surface area (Å²) in [5, 5.41) is 38.6. The average molecular weight is 569 g/mol. The Hall–Kier alpha value is -5.46. The van der Waals surface area contributed by atoms with E-state index >= 15 is 0 Å². The van der Waals surface area contributed by atoms with E-state index in [0.29, 0.717) is 17.7 Å². The van der Waals surface area contributed by atoms with Gasteiger partial charge in [0.2, 0.25) is 5.88 Å². The van der Waals surface area contributed by atoms with Crippen molar-refractivity contribution < 1.29 is 46.8 Å². The van der Waals surface area contributed by atoms with Gasteiger partial charge in [-0.3, -0.25) is 4.57 Å². The Bertz CT molecular complexity index is 1830. The number of carboxylic acid groups (broad SMARTS) is 1. The summed E-state index contributed by atoms with van der Waals surface area (Å²) in [5.74, 6) is -3.22. The number of hydrogen-bond donors (Lipinski definition) is 3. The van der Waals surface area contributed by atoms with Crippen LogP contribution in [0, 0.1) is 11.6 Å². The molecule has 0 radical (unpaired) electrons. The molecule has 5 rings (SSSR count). The second-order valence-electron chi connectivity index (χ2n) is 8.63. The van der Waals surface area contributed by atoms with Gasteiger partial charge in [0, 0.05) is 17.0 Å². The largest absolute Gasteiger partial charge is 0.511 e. The molecule has 3 N–H and O–H groups in total. The Labute approximate surface area is 226 Å². The van der Waals surface area contributed by atoms with E-state index in [0.717, 1.165) is 28.8 Å². The summed E-state index contributed by atoms with van der Waals surface area (Å²) in [6.45, 7) is 0. The van der Waals surface area contributed by atoms with Crippen LogP contribution in [0.3, 0.4) is 0 Å². The van der Waals surface area contributed by atoms with Crippen LogP contribution >= 0.6 is 0 Å². The summed E-state index contributed by atoms with van der Waals surface area (Å²) in [6.07, 6.45) is -6.29. The van der Waals surface area contributed by atoms with Crippen molar-refractivity contribution in [3.63, 3.8) is 0 Å². The number of fused-ring (bicyclic) bond motifs is 1. The molecule has 0 amide bonds. The molecule has 0 spiro atoms. The molecular formula is C28H16F5N3O5. The maximum Gasteiger partial charge on any atom is 0.511 e. The fraction of sp³-hybridized carbons (Fsp3) is 0.0357. The molecule has 0 unspecified atom stereocenters. The summed E-state index contributed by atoms with van der Waals surface area (Å²) >= 11 is 0. The third-order valence-corrected chi connectivity index (χ3v) is 5.97. The summed E-state index contributed by atoms with van der Waals surface area (Å²) in [6, 6.07) is 14.9. The summed E-state index contributed by atoms with van der Waals surface area (Å²) in [5.41, 5.74) is -1.51. The molecule has 0 aliphatic rings. The number of carbonyl (C=O) groups is 1. The fourth-order valence-electron chi connectivity index (χ4n) is 4.24. The van der Waals surface area contributed by atoms with Crippen molar-refractivity contribution >= 4 is 28.4 Å². The molecule has 0 atom stereocenters. The first-order valence-electron chi connectivity index (χ1n) is 11.6.